The summed E-state index contributed by atoms with van der Waals surface area (Å²) in [6.07, 6.45) is 3.88. The topological polar surface area (TPSA) is 55.4 Å². The fourth-order valence-corrected chi connectivity index (χ4v) is 5.15. The quantitative estimate of drug-likeness (QED) is 0.640. The number of hydrogen-bond acceptors (Lipinski definition) is 3. The molecule has 0 saturated heterocycles. The second kappa shape index (κ2) is 6.27. The fourth-order valence-electron chi connectivity index (χ4n) is 4.02. The van der Waals surface area contributed by atoms with Crippen LogP contribution in [0, 0.1) is 25.2 Å². The molecule has 1 aromatic rings. The Balaban J connectivity index is 1.56. The third-order valence-corrected chi connectivity index (χ3v) is 6.29. The highest BCUT2D eigenvalue weighted by atomic mass is 79.9. The molecule has 0 spiro atoms. The first-order valence-electron chi connectivity index (χ1n) is 8.08. The number of benzene rings is 1. The van der Waals surface area contributed by atoms with Gasteiger partial charge in [-0.25, -0.2) is 0 Å². The molecule has 4 nitrogen and oxygen atoms in total. The van der Waals surface area contributed by atoms with E-state index in [-0.39, 0.29) is 23.3 Å². The van der Waals surface area contributed by atoms with E-state index >= 15 is 0 Å². The third-order valence-electron chi connectivity index (χ3n) is 5.04. The van der Waals surface area contributed by atoms with E-state index in [0.717, 1.165) is 42.5 Å². The largest absolute Gasteiger partial charge is 0.455 e. The zero-order valence-corrected chi connectivity index (χ0v) is 15.1. The minimum Gasteiger partial charge on any atom is -0.455 e. The molecule has 0 radical (unpaired) electrons. The summed E-state index contributed by atoms with van der Waals surface area (Å²) in [5, 5.41) is 2.79. The second-order valence-electron chi connectivity index (χ2n) is 6.97. The number of carbonyl (C=O) groups excluding carboxylic acids is 2. The van der Waals surface area contributed by atoms with Gasteiger partial charge >= 0.3 is 5.97 Å². The molecule has 2 bridgehead atoms. The van der Waals surface area contributed by atoms with Crippen molar-refractivity contribution >= 4 is 33.5 Å². The van der Waals surface area contributed by atoms with Crippen LogP contribution in [0.3, 0.4) is 0 Å². The SMILES string of the molecule is Cc1cc(C)cc(NC(=O)COC(=O)[C@@]23CC[C@@H](C[C@@H]2Br)C3)c1. The summed E-state index contributed by atoms with van der Waals surface area (Å²) >= 11 is 3.63. The zero-order chi connectivity index (χ0) is 16.6. The van der Waals surface area contributed by atoms with Gasteiger partial charge in [-0.2, -0.15) is 0 Å². The average Bonchev–Trinajstić information content (AvgIpc) is 3.02. The zero-order valence-electron chi connectivity index (χ0n) is 13.5. The lowest BCUT2D eigenvalue weighted by Crippen LogP contribution is -2.37. The van der Waals surface area contributed by atoms with E-state index in [1.807, 2.05) is 32.0 Å². The lowest BCUT2D eigenvalue weighted by atomic mass is 9.84. The molecule has 124 valence electrons. The number of esters is 1. The van der Waals surface area contributed by atoms with Crippen LogP contribution in [0.2, 0.25) is 0 Å². The van der Waals surface area contributed by atoms with Gasteiger partial charge in [0.1, 0.15) is 0 Å². The molecule has 0 aliphatic heterocycles. The monoisotopic (exact) mass is 379 g/mol. The van der Waals surface area contributed by atoms with Gasteiger partial charge in [0, 0.05) is 10.5 Å². The highest BCUT2D eigenvalue weighted by Gasteiger charge is 2.56. The Morgan fingerprint density at radius 2 is 2.00 bits per heavy atom. The van der Waals surface area contributed by atoms with E-state index in [2.05, 4.69) is 21.2 Å². The molecule has 0 aromatic heterocycles. The Kier molecular flexibility index (Phi) is 4.50. The molecule has 0 heterocycles. The van der Waals surface area contributed by atoms with Crippen LogP contribution in [0.5, 0.6) is 0 Å². The van der Waals surface area contributed by atoms with Crippen LogP contribution in [0.25, 0.3) is 0 Å². The maximum atomic E-state index is 12.5. The molecule has 2 aliphatic carbocycles. The summed E-state index contributed by atoms with van der Waals surface area (Å²) in [6.45, 7) is 3.74. The van der Waals surface area contributed by atoms with Crippen molar-refractivity contribution < 1.29 is 14.3 Å². The first kappa shape index (κ1) is 16.5. The Labute approximate surface area is 145 Å². The summed E-state index contributed by atoms with van der Waals surface area (Å²) < 4.78 is 5.33. The molecular weight excluding hydrogens is 358 g/mol. The number of anilines is 1. The fraction of sp³-hybridized carbons (Fsp3) is 0.556. The number of alkyl halides is 1. The van der Waals surface area contributed by atoms with Crippen LogP contribution in [-0.2, 0) is 14.3 Å². The van der Waals surface area contributed by atoms with Gasteiger partial charge in [-0.1, -0.05) is 22.0 Å². The minimum atomic E-state index is -0.412. The van der Waals surface area contributed by atoms with E-state index in [4.69, 9.17) is 4.74 Å². The standard InChI is InChI=1S/C18H22BrNO3/c1-11-5-12(2)7-14(6-11)20-16(21)10-23-17(22)18-4-3-13(9-18)8-15(18)19/h5-7,13,15H,3-4,8-10H2,1-2H3,(H,20,21)/t13-,15-,18+/m0/s1. The number of fused-ring (bicyclic) bond motifs is 2. The molecule has 5 heteroatoms. The molecule has 1 aromatic carbocycles. The molecule has 3 rings (SSSR count). The van der Waals surface area contributed by atoms with Crippen molar-refractivity contribution in [2.45, 2.75) is 44.4 Å². The molecule has 0 unspecified atom stereocenters. The number of carbonyl (C=O) groups is 2. The molecule has 1 N–H and O–H groups in total. The average molecular weight is 380 g/mol. The third kappa shape index (κ3) is 3.30. The van der Waals surface area contributed by atoms with E-state index in [1.54, 1.807) is 0 Å². The Morgan fingerprint density at radius 3 is 2.57 bits per heavy atom. The highest BCUT2D eigenvalue weighted by Crippen LogP contribution is 2.57. The number of halogens is 1. The van der Waals surface area contributed by atoms with Crippen LogP contribution >= 0.6 is 15.9 Å². The molecule has 2 saturated carbocycles. The van der Waals surface area contributed by atoms with Gasteiger partial charge in [-0.15, -0.1) is 0 Å². The smallest absolute Gasteiger partial charge is 0.313 e. The van der Waals surface area contributed by atoms with Crippen molar-refractivity contribution in [1.82, 2.24) is 0 Å². The molecular formula is C18H22BrNO3. The minimum absolute atomic E-state index is 0.184. The normalized spacial score (nSPS) is 28.7. The summed E-state index contributed by atoms with van der Waals surface area (Å²) in [5.41, 5.74) is 2.50. The van der Waals surface area contributed by atoms with Gasteiger partial charge in [0.25, 0.3) is 5.91 Å². The molecule has 2 fully saturated rings. The van der Waals surface area contributed by atoms with Gasteiger partial charge in [0.15, 0.2) is 6.61 Å². The number of hydrogen-bond donors (Lipinski definition) is 1. The van der Waals surface area contributed by atoms with Crippen LogP contribution < -0.4 is 5.32 Å². The molecule has 2 aliphatic rings. The van der Waals surface area contributed by atoms with Crippen LogP contribution in [0.4, 0.5) is 5.69 Å². The molecule has 23 heavy (non-hydrogen) atoms. The Morgan fingerprint density at radius 1 is 1.30 bits per heavy atom. The van der Waals surface area contributed by atoms with Gasteiger partial charge < -0.3 is 10.1 Å². The van der Waals surface area contributed by atoms with E-state index in [9.17, 15) is 9.59 Å². The van der Waals surface area contributed by atoms with Crippen molar-refractivity contribution in [3.63, 3.8) is 0 Å². The van der Waals surface area contributed by atoms with Crippen molar-refractivity contribution in [3.05, 3.63) is 29.3 Å². The van der Waals surface area contributed by atoms with Crippen molar-refractivity contribution in [3.8, 4) is 0 Å². The van der Waals surface area contributed by atoms with Gasteiger partial charge in [-0.05, 0) is 68.7 Å². The van der Waals surface area contributed by atoms with E-state index in [0.29, 0.717) is 5.92 Å². The summed E-state index contributed by atoms with van der Waals surface area (Å²) in [7, 11) is 0. The summed E-state index contributed by atoms with van der Waals surface area (Å²) in [6, 6.07) is 5.85. The van der Waals surface area contributed by atoms with Crippen molar-refractivity contribution in [2.75, 3.05) is 11.9 Å². The van der Waals surface area contributed by atoms with Crippen LogP contribution in [0.1, 0.15) is 36.8 Å². The summed E-state index contributed by atoms with van der Waals surface area (Å²) in [4.78, 5) is 24.7. The predicted octanol–water partition coefficient (Wildman–Crippen LogP) is 3.74. The number of rotatable bonds is 4. The molecule has 3 atom stereocenters. The maximum Gasteiger partial charge on any atom is 0.313 e. The van der Waals surface area contributed by atoms with Crippen molar-refractivity contribution in [2.24, 2.45) is 11.3 Å². The maximum absolute atomic E-state index is 12.5. The van der Waals surface area contributed by atoms with E-state index < -0.39 is 5.41 Å². The molecule has 1 amide bonds. The summed E-state index contributed by atoms with van der Waals surface area (Å²) in [5.74, 6) is 0.101. The number of aryl methyl sites for hydroxylation is 2. The first-order chi connectivity index (χ1) is 10.9. The Bertz CT molecular complexity index is 625. The number of amides is 1. The van der Waals surface area contributed by atoms with Gasteiger partial charge in [0.05, 0.1) is 5.41 Å². The first-order valence-corrected chi connectivity index (χ1v) is 9.00. The van der Waals surface area contributed by atoms with Gasteiger partial charge in [-0.3, -0.25) is 9.59 Å². The van der Waals surface area contributed by atoms with Crippen molar-refractivity contribution in [1.29, 1.82) is 0 Å². The lowest BCUT2D eigenvalue weighted by molar-refractivity contribution is -0.157. The van der Waals surface area contributed by atoms with Crippen LogP contribution in [-0.4, -0.2) is 23.3 Å². The van der Waals surface area contributed by atoms with Crippen LogP contribution in [0.15, 0.2) is 18.2 Å². The second-order valence-corrected chi connectivity index (χ2v) is 8.07. The van der Waals surface area contributed by atoms with E-state index in [1.165, 1.54) is 0 Å². The predicted molar refractivity (Wildman–Crippen MR) is 92.6 cm³/mol. The highest BCUT2D eigenvalue weighted by molar-refractivity contribution is 9.09. The number of ether oxygens (including phenoxy) is 1. The van der Waals surface area contributed by atoms with Gasteiger partial charge in [0.2, 0.25) is 0 Å². The lowest BCUT2D eigenvalue weighted by Gasteiger charge is -2.28. The number of nitrogens with one attached hydrogen (secondary N) is 1. The Hall–Kier alpha value is -1.36.